The first kappa shape index (κ1) is 15.6. The summed E-state index contributed by atoms with van der Waals surface area (Å²) in [5.74, 6) is 0.0476. The van der Waals surface area contributed by atoms with E-state index in [2.05, 4.69) is 22.0 Å². The van der Waals surface area contributed by atoms with Crippen LogP contribution in [0.5, 0.6) is 0 Å². The lowest BCUT2D eigenvalue weighted by molar-refractivity contribution is -0.122. The summed E-state index contributed by atoms with van der Waals surface area (Å²) >= 11 is 1.46. The molecule has 1 heterocycles. The summed E-state index contributed by atoms with van der Waals surface area (Å²) in [6.45, 7) is 5.30. The Hall–Kier alpha value is -1.75. The molecule has 1 saturated heterocycles. The van der Waals surface area contributed by atoms with Crippen LogP contribution in [0, 0.1) is 0 Å². The van der Waals surface area contributed by atoms with Gasteiger partial charge in [0.2, 0.25) is 0 Å². The van der Waals surface area contributed by atoms with Crippen molar-refractivity contribution < 1.29 is 4.79 Å². The molecule has 0 radical (unpaired) electrons. The highest BCUT2D eigenvalue weighted by atomic mass is 32.2. The van der Waals surface area contributed by atoms with Crippen LogP contribution in [0.4, 0.5) is 5.69 Å². The van der Waals surface area contributed by atoms with Crippen molar-refractivity contribution >= 4 is 34.6 Å². The van der Waals surface area contributed by atoms with E-state index in [4.69, 9.17) is 0 Å². The summed E-state index contributed by atoms with van der Waals surface area (Å²) in [4.78, 5) is 21.3. The maximum absolute atomic E-state index is 12.3. The molecule has 1 aromatic carbocycles. The third kappa shape index (κ3) is 3.47. The van der Waals surface area contributed by atoms with Gasteiger partial charge in [-0.1, -0.05) is 12.1 Å². The molecular formula is C16H21N3OS. The van der Waals surface area contributed by atoms with Gasteiger partial charge in [-0.15, -0.1) is 0 Å². The number of amides is 1. The molecule has 0 aromatic heterocycles. The number of anilines is 1. The van der Waals surface area contributed by atoms with Gasteiger partial charge in [0.25, 0.3) is 5.91 Å². The molecule has 5 heteroatoms. The quantitative estimate of drug-likeness (QED) is 0.802. The Labute approximate surface area is 130 Å². The van der Waals surface area contributed by atoms with Gasteiger partial charge in [-0.25, -0.2) is 0 Å². The Morgan fingerprint density at radius 3 is 2.43 bits per heavy atom. The predicted molar refractivity (Wildman–Crippen MR) is 91.7 cm³/mol. The number of benzene rings is 1. The third-order valence-corrected chi connectivity index (χ3v) is 4.25. The number of likely N-dealkylation sites (N-methyl/N-ethyl adjacent to an activating group) is 1. The first-order valence-electron chi connectivity index (χ1n) is 7.10. The molecule has 1 aliphatic heterocycles. The minimum atomic E-state index is 0.0476. The summed E-state index contributed by atoms with van der Waals surface area (Å²) in [7, 11) is 4.02. The summed E-state index contributed by atoms with van der Waals surface area (Å²) in [5, 5.41) is 0.807. The summed E-state index contributed by atoms with van der Waals surface area (Å²) < 4.78 is 0. The highest BCUT2D eigenvalue weighted by Crippen LogP contribution is 2.32. The van der Waals surface area contributed by atoms with E-state index in [9.17, 15) is 4.79 Å². The number of carbonyl (C=O) groups is 1. The minimum Gasteiger partial charge on any atom is -0.378 e. The molecule has 0 bridgehead atoms. The molecule has 0 saturated carbocycles. The zero-order valence-corrected chi connectivity index (χ0v) is 13.8. The van der Waals surface area contributed by atoms with Crippen molar-refractivity contribution in [3.63, 3.8) is 0 Å². The van der Waals surface area contributed by atoms with Crippen LogP contribution < -0.4 is 4.90 Å². The molecule has 0 N–H and O–H groups in total. The van der Waals surface area contributed by atoms with Crippen molar-refractivity contribution in [3.8, 4) is 0 Å². The van der Waals surface area contributed by atoms with Gasteiger partial charge in [-0.05, 0) is 49.4 Å². The fraction of sp³-hybridized carbons (Fsp3) is 0.375. The van der Waals surface area contributed by atoms with Crippen LogP contribution in [0.25, 0.3) is 6.08 Å². The largest absolute Gasteiger partial charge is 0.378 e. The first-order valence-corrected chi connectivity index (χ1v) is 7.91. The van der Waals surface area contributed by atoms with Crippen LogP contribution >= 0.6 is 11.8 Å². The Kier molecular flexibility index (Phi) is 5.07. The average Bonchev–Trinajstić information content (AvgIpc) is 2.75. The van der Waals surface area contributed by atoms with Gasteiger partial charge in [0, 0.05) is 32.9 Å². The number of carbonyl (C=O) groups excluding carboxylic acids is 1. The topological polar surface area (TPSA) is 35.9 Å². The van der Waals surface area contributed by atoms with Gasteiger partial charge in [-0.2, -0.15) is 0 Å². The van der Waals surface area contributed by atoms with Crippen LogP contribution in [0.15, 0.2) is 34.2 Å². The normalized spacial score (nSPS) is 18.9. The average molecular weight is 303 g/mol. The molecule has 1 aliphatic rings. The number of amidine groups is 1. The second-order valence-corrected chi connectivity index (χ2v) is 5.91. The van der Waals surface area contributed by atoms with Gasteiger partial charge >= 0.3 is 0 Å². The maximum atomic E-state index is 12.3. The second-order valence-electron chi connectivity index (χ2n) is 4.90. The highest BCUT2D eigenvalue weighted by molar-refractivity contribution is 8.18. The number of hydrogen-bond donors (Lipinski definition) is 0. The number of nitrogens with zero attached hydrogens (tertiary/aromatic N) is 3. The molecule has 1 amide bonds. The van der Waals surface area contributed by atoms with Crippen molar-refractivity contribution in [2.45, 2.75) is 13.8 Å². The lowest BCUT2D eigenvalue weighted by Gasteiger charge is -2.12. The monoisotopic (exact) mass is 303 g/mol. The van der Waals surface area contributed by atoms with Crippen molar-refractivity contribution in [3.05, 3.63) is 34.7 Å². The number of aliphatic imine (C=N–C) groups is 1. The van der Waals surface area contributed by atoms with Gasteiger partial charge in [0.05, 0.1) is 4.91 Å². The smallest absolute Gasteiger partial charge is 0.266 e. The molecule has 21 heavy (non-hydrogen) atoms. The molecule has 4 nitrogen and oxygen atoms in total. The van der Waals surface area contributed by atoms with Crippen LogP contribution in [0.2, 0.25) is 0 Å². The third-order valence-electron chi connectivity index (χ3n) is 3.20. The minimum absolute atomic E-state index is 0.0476. The molecule has 0 atom stereocenters. The predicted octanol–water partition coefficient (Wildman–Crippen LogP) is 3.06. The lowest BCUT2D eigenvalue weighted by Crippen LogP contribution is -2.28. The van der Waals surface area contributed by atoms with E-state index in [1.165, 1.54) is 11.8 Å². The van der Waals surface area contributed by atoms with Gasteiger partial charge in [-0.3, -0.25) is 14.7 Å². The molecule has 0 aliphatic carbocycles. The van der Waals surface area contributed by atoms with E-state index in [1.54, 1.807) is 4.90 Å². The van der Waals surface area contributed by atoms with E-state index < -0.39 is 0 Å². The van der Waals surface area contributed by atoms with E-state index in [1.807, 2.05) is 46.2 Å². The molecule has 1 fully saturated rings. The summed E-state index contributed by atoms with van der Waals surface area (Å²) in [6, 6.07) is 8.16. The number of thioether (sulfide) groups is 1. The zero-order valence-electron chi connectivity index (χ0n) is 13.0. The highest BCUT2D eigenvalue weighted by Gasteiger charge is 2.31. The molecule has 1 aromatic rings. The Morgan fingerprint density at radius 2 is 1.90 bits per heavy atom. The SMILES string of the molecule is CCN=C1SC(=Cc2ccc(N(C)C)cc2)C(=O)N1CC. The van der Waals surface area contributed by atoms with Crippen molar-refractivity contribution in [2.24, 2.45) is 4.99 Å². The van der Waals surface area contributed by atoms with Gasteiger partial charge < -0.3 is 4.90 Å². The van der Waals surface area contributed by atoms with Crippen LogP contribution in [0.3, 0.4) is 0 Å². The van der Waals surface area contributed by atoms with E-state index >= 15 is 0 Å². The standard InChI is InChI=1S/C16H21N3OS/c1-5-17-16-19(6-2)15(20)14(21-16)11-12-7-9-13(10-8-12)18(3)4/h7-11H,5-6H2,1-4H3. The molecule has 0 unspecified atom stereocenters. The van der Waals surface area contributed by atoms with E-state index in [-0.39, 0.29) is 5.91 Å². The van der Waals surface area contributed by atoms with Crippen molar-refractivity contribution in [1.82, 2.24) is 4.90 Å². The van der Waals surface area contributed by atoms with Gasteiger partial charge in [0.1, 0.15) is 0 Å². The number of hydrogen-bond acceptors (Lipinski definition) is 4. The van der Waals surface area contributed by atoms with Crippen LogP contribution in [0.1, 0.15) is 19.4 Å². The van der Waals surface area contributed by atoms with E-state index in [0.29, 0.717) is 13.1 Å². The maximum Gasteiger partial charge on any atom is 0.266 e. The van der Waals surface area contributed by atoms with Crippen LogP contribution in [-0.2, 0) is 4.79 Å². The van der Waals surface area contributed by atoms with Crippen molar-refractivity contribution in [1.29, 1.82) is 0 Å². The van der Waals surface area contributed by atoms with Crippen molar-refractivity contribution in [2.75, 3.05) is 32.1 Å². The van der Waals surface area contributed by atoms with E-state index in [0.717, 1.165) is 21.3 Å². The molecule has 112 valence electrons. The fourth-order valence-corrected chi connectivity index (χ4v) is 3.17. The zero-order chi connectivity index (χ0) is 15.4. The molecular weight excluding hydrogens is 282 g/mol. The van der Waals surface area contributed by atoms with Gasteiger partial charge in [0.15, 0.2) is 5.17 Å². The molecule has 0 spiro atoms. The Balaban J connectivity index is 2.25. The van der Waals surface area contributed by atoms with Crippen LogP contribution in [-0.4, -0.2) is 43.2 Å². The molecule has 2 rings (SSSR count). The summed E-state index contributed by atoms with van der Waals surface area (Å²) in [5.41, 5.74) is 2.18. The Bertz CT molecular complexity index is 576. The fourth-order valence-electron chi connectivity index (χ4n) is 2.06. The Morgan fingerprint density at radius 1 is 1.24 bits per heavy atom. The lowest BCUT2D eigenvalue weighted by atomic mass is 10.2. The first-order chi connectivity index (χ1) is 10.1. The summed E-state index contributed by atoms with van der Waals surface area (Å²) in [6.07, 6.45) is 1.94. The number of rotatable bonds is 4. The second kappa shape index (κ2) is 6.80.